The summed E-state index contributed by atoms with van der Waals surface area (Å²) in [6.07, 6.45) is 3.35. The molecule has 10 heteroatoms. The first-order chi connectivity index (χ1) is 19.8. The maximum atomic E-state index is 13.5. The number of halogens is 1. The van der Waals surface area contributed by atoms with Gasteiger partial charge in [0.25, 0.3) is 5.56 Å². The molecule has 0 aliphatic carbocycles. The minimum absolute atomic E-state index is 0.228. The van der Waals surface area contributed by atoms with Crippen molar-refractivity contribution in [1.82, 2.24) is 14.5 Å². The Labute approximate surface area is 237 Å². The third-order valence-corrected chi connectivity index (χ3v) is 8.79. The van der Waals surface area contributed by atoms with Gasteiger partial charge in [0.05, 0.1) is 18.4 Å². The lowest BCUT2D eigenvalue weighted by Crippen LogP contribution is -2.37. The number of benzene rings is 3. The largest absolute Gasteiger partial charge is 0.424 e. The minimum Gasteiger partial charge on any atom is -0.424 e. The van der Waals surface area contributed by atoms with E-state index in [2.05, 4.69) is 53.4 Å². The van der Waals surface area contributed by atoms with E-state index in [1.165, 1.54) is 11.1 Å². The molecule has 1 aromatic heterocycles. The van der Waals surface area contributed by atoms with Crippen LogP contribution >= 0.6 is 7.60 Å². The first-order valence-electron chi connectivity index (χ1n) is 13.7. The molecule has 1 aliphatic rings. The zero-order valence-corrected chi connectivity index (χ0v) is 23.5. The Bertz CT molecular complexity index is 1560. The molecule has 0 bridgehead atoms. The maximum Gasteiger partial charge on any atom is 0.378 e. The third-order valence-electron chi connectivity index (χ3n) is 7.53. The summed E-state index contributed by atoms with van der Waals surface area (Å²) >= 11 is 0. The smallest absolute Gasteiger partial charge is 0.378 e. The van der Waals surface area contributed by atoms with Crippen molar-refractivity contribution in [2.24, 2.45) is 5.92 Å². The van der Waals surface area contributed by atoms with Crippen molar-refractivity contribution >= 4 is 7.60 Å². The molecule has 0 radical (unpaired) electrons. The quantitative estimate of drug-likeness (QED) is 0.258. The van der Waals surface area contributed by atoms with Crippen molar-refractivity contribution in [2.75, 3.05) is 19.3 Å². The summed E-state index contributed by atoms with van der Waals surface area (Å²) in [5, 5.41) is 0. The highest BCUT2D eigenvalue weighted by atomic mass is 31.2. The SMILES string of the molecule is O=c1[nH]c(=O)n(CCP(=O)(O)Oc2ccc(CC3CCN(C(c4ccccc4)c4ccccc4)CC3)cc2)cc1F. The van der Waals surface area contributed by atoms with Gasteiger partial charge in [0.15, 0.2) is 0 Å². The van der Waals surface area contributed by atoms with Crippen LogP contribution < -0.4 is 15.8 Å². The fourth-order valence-corrected chi connectivity index (χ4v) is 6.42. The lowest BCUT2D eigenvalue weighted by molar-refractivity contribution is 0.151. The lowest BCUT2D eigenvalue weighted by atomic mass is 9.87. The number of likely N-dealkylation sites (tertiary alicyclic amines) is 1. The molecule has 3 aromatic carbocycles. The molecule has 2 N–H and O–H groups in total. The Balaban J connectivity index is 1.15. The van der Waals surface area contributed by atoms with Gasteiger partial charge in [0.2, 0.25) is 5.82 Å². The molecular weight excluding hydrogens is 544 g/mol. The van der Waals surface area contributed by atoms with Crippen molar-refractivity contribution in [3.8, 4) is 5.75 Å². The van der Waals surface area contributed by atoms with E-state index in [-0.39, 0.29) is 18.3 Å². The van der Waals surface area contributed by atoms with Crippen molar-refractivity contribution in [3.05, 3.63) is 134 Å². The van der Waals surface area contributed by atoms with E-state index in [1.807, 2.05) is 29.2 Å². The van der Waals surface area contributed by atoms with E-state index in [0.717, 1.165) is 42.5 Å². The molecule has 41 heavy (non-hydrogen) atoms. The van der Waals surface area contributed by atoms with Crippen LogP contribution in [0.3, 0.4) is 0 Å². The molecule has 1 unspecified atom stereocenters. The fourth-order valence-electron chi connectivity index (χ4n) is 5.41. The Hall–Kier alpha value is -3.78. The topological polar surface area (TPSA) is 105 Å². The summed E-state index contributed by atoms with van der Waals surface area (Å²) in [6.45, 7) is 1.71. The molecule has 1 atom stereocenters. The highest BCUT2D eigenvalue weighted by Gasteiger charge is 2.27. The number of nitrogens with one attached hydrogen (secondary N) is 1. The monoisotopic (exact) mass is 577 g/mol. The van der Waals surface area contributed by atoms with Crippen molar-refractivity contribution in [3.63, 3.8) is 0 Å². The molecule has 1 fully saturated rings. The summed E-state index contributed by atoms with van der Waals surface area (Å²) < 4.78 is 32.2. The van der Waals surface area contributed by atoms with Gasteiger partial charge in [-0.2, -0.15) is 4.39 Å². The Morgan fingerprint density at radius 2 is 1.51 bits per heavy atom. The number of H-pyrrole nitrogens is 1. The van der Waals surface area contributed by atoms with Crippen LogP contribution in [0.1, 0.15) is 35.6 Å². The Kier molecular flexibility index (Phi) is 8.98. The van der Waals surface area contributed by atoms with Crippen molar-refractivity contribution < 1.29 is 18.4 Å². The maximum absolute atomic E-state index is 13.5. The summed E-state index contributed by atoms with van der Waals surface area (Å²) in [5.74, 6) is -0.375. The van der Waals surface area contributed by atoms with E-state index in [4.69, 9.17) is 4.52 Å². The summed E-state index contributed by atoms with van der Waals surface area (Å²) in [7, 11) is -4.12. The number of aromatic nitrogens is 2. The molecule has 4 aromatic rings. The summed E-state index contributed by atoms with van der Waals surface area (Å²) in [5.41, 5.74) is 1.73. The highest BCUT2D eigenvalue weighted by Crippen LogP contribution is 2.42. The van der Waals surface area contributed by atoms with Crippen LogP contribution in [0.25, 0.3) is 0 Å². The average Bonchev–Trinajstić information content (AvgIpc) is 2.97. The summed E-state index contributed by atoms with van der Waals surface area (Å²) in [6, 6.07) is 28.6. The molecule has 0 spiro atoms. The van der Waals surface area contributed by atoms with Crippen LogP contribution in [-0.4, -0.2) is 38.6 Å². The molecule has 0 saturated carbocycles. The number of aromatic amines is 1. The lowest BCUT2D eigenvalue weighted by Gasteiger charge is -2.38. The molecule has 5 rings (SSSR count). The van der Waals surface area contributed by atoms with Gasteiger partial charge in [-0.15, -0.1) is 0 Å². The van der Waals surface area contributed by atoms with Crippen LogP contribution in [0.15, 0.2) is 101 Å². The van der Waals surface area contributed by atoms with E-state index in [1.54, 1.807) is 12.1 Å². The molecule has 8 nitrogen and oxygen atoms in total. The van der Waals surface area contributed by atoms with Gasteiger partial charge in [-0.05, 0) is 67.1 Å². The van der Waals surface area contributed by atoms with Crippen LogP contribution in [-0.2, 0) is 17.5 Å². The number of rotatable bonds is 10. The molecule has 2 heterocycles. The Morgan fingerprint density at radius 3 is 2.10 bits per heavy atom. The van der Waals surface area contributed by atoms with Gasteiger partial charge in [-0.1, -0.05) is 72.8 Å². The number of nitrogens with zero attached hydrogens (tertiary/aromatic N) is 2. The van der Waals surface area contributed by atoms with Crippen molar-refractivity contribution in [1.29, 1.82) is 0 Å². The standard InChI is InChI=1S/C31H33FN3O5P/c32-28-22-35(31(37)33-30(28)36)19-20-41(38,39)40-27-13-11-23(12-14-27)21-24-15-17-34(18-16-24)29(25-7-3-1-4-8-25)26-9-5-2-6-10-26/h1-14,22,24,29H,15-21H2,(H,38,39)(H,33,36,37). The fraction of sp³-hybridized carbons (Fsp3) is 0.290. The van der Waals surface area contributed by atoms with Gasteiger partial charge in [0, 0.05) is 6.54 Å². The van der Waals surface area contributed by atoms with Crippen LogP contribution in [0.2, 0.25) is 0 Å². The van der Waals surface area contributed by atoms with Crippen LogP contribution in [0, 0.1) is 11.7 Å². The number of piperidine rings is 1. The number of aryl methyl sites for hydroxylation is 1. The second kappa shape index (κ2) is 12.8. The van der Waals surface area contributed by atoms with Crippen LogP contribution in [0.5, 0.6) is 5.75 Å². The molecular formula is C31H33FN3O5P. The molecule has 0 amide bonds. The van der Waals surface area contributed by atoms with E-state index in [9.17, 15) is 23.4 Å². The number of hydrogen-bond acceptors (Lipinski definition) is 5. The average molecular weight is 578 g/mol. The normalized spacial score (nSPS) is 16.0. The third kappa shape index (κ3) is 7.50. The predicted octanol–water partition coefficient (Wildman–Crippen LogP) is 4.98. The predicted molar refractivity (Wildman–Crippen MR) is 156 cm³/mol. The van der Waals surface area contributed by atoms with E-state index in [0.29, 0.717) is 12.1 Å². The van der Waals surface area contributed by atoms with E-state index >= 15 is 0 Å². The Morgan fingerprint density at radius 1 is 0.927 bits per heavy atom. The highest BCUT2D eigenvalue weighted by molar-refractivity contribution is 7.53. The van der Waals surface area contributed by atoms with E-state index < -0.39 is 30.8 Å². The molecule has 1 aliphatic heterocycles. The van der Waals surface area contributed by atoms with Crippen molar-refractivity contribution in [2.45, 2.75) is 31.8 Å². The zero-order chi connectivity index (χ0) is 28.8. The summed E-state index contributed by atoms with van der Waals surface area (Å²) in [4.78, 5) is 37.6. The minimum atomic E-state index is -4.12. The zero-order valence-electron chi connectivity index (χ0n) is 22.6. The first-order valence-corrected chi connectivity index (χ1v) is 15.5. The van der Waals surface area contributed by atoms with Crippen LogP contribution in [0.4, 0.5) is 4.39 Å². The molecule has 1 saturated heterocycles. The second-order valence-corrected chi connectivity index (χ2v) is 12.3. The van der Waals surface area contributed by atoms with Gasteiger partial charge in [-0.25, -0.2) is 9.36 Å². The van der Waals surface area contributed by atoms with Gasteiger partial charge < -0.3 is 9.42 Å². The van der Waals surface area contributed by atoms with Gasteiger partial charge >= 0.3 is 13.3 Å². The van der Waals surface area contributed by atoms with Gasteiger partial charge in [0.1, 0.15) is 5.75 Å². The number of hydrogen-bond donors (Lipinski definition) is 2. The first kappa shape index (κ1) is 28.7. The second-order valence-electron chi connectivity index (χ2n) is 10.4. The molecule has 214 valence electrons. The van der Waals surface area contributed by atoms with Gasteiger partial charge in [-0.3, -0.25) is 19.2 Å².